The van der Waals surface area contributed by atoms with Gasteiger partial charge in [-0.1, -0.05) is 45.1 Å². The fourth-order valence-corrected chi connectivity index (χ4v) is 9.33. The second-order valence-corrected chi connectivity index (χ2v) is 19.3. The summed E-state index contributed by atoms with van der Waals surface area (Å²) in [5.41, 5.74) is 1.10. The molecule has 406 valence electrons. The summed E-state index contributed by atoms with van der Waals surface area (Å²) in [5.74, 6) is -6.81. The average molecular weight is 1060 g/mol. The first-order valence-electron chi connectivity index (χ1n) is 24.9. The molecule has 0 saturated carbocycles. The Morgan fingerprint density at radius 3 is 2.27 bits per heavy atom. The molecule has 3 aliphatic heterocycles. The average Bonchev–Trinajstić information content (AvgIpc) is 3.98. The highest BCUT2D eigenvalue weighted by molar-refractivity contribution is 6.13. The van der Waals surface area contributed by atoms with Gasteiger partial charge in [0.2, 0.25) is 23.6 Å². The highest BCUT2D eigenvalue weighted by Gasteiger charge is 2.46. The lowest BCUT2D eigenvalue weighted by molar-refractivity contribution is -0.172. The maximum atomic E-state index is 15.5. The number of rotatable bonds is 21. The topological polar surface area (TPSA) is 311 Å². The molecule has 23 heteroatoms. The molecule has 0 radical (unpaired) electrons. The first-order chi connectivity index (χ1) is 36.5. The smallest absolute Gasteiger partial charge is 0.407 e. The van der Waals surface area contributed by atoms with E-state index in [1.165, 1.54) is 35.8 Å². The normalized spacial score (nSPS) is 16.6. The van der Waals surface area contributed by atoms with Crippen molar-refractivity contribution in [3.63, 3.8) is 0 Å². The van der Waals surface area contributed by atoms with Gasteiger partial charge in [-0.2, -0.15) is 0 Å². The molecule has 2 aromatic heterocycles. The Balaban J connectivity index is 0.988. The van der Waals surface area contributed by atoms with Crippen molar-refractivity contribution >= 4 is 76.1 Å². The van der Waals surface area contributed by atoms with E-state index in [1.54, 1.807) is 45.1 Å². The molecule has 7 N–H and O–H groups in total. The molecule has 4 atom stereocenters. The van der Waals surface area contributed by atoms with E-state index in [2.05, 4.69) is 26.6 Å². The van der Waals surface area contributed by atoms with Crippen molar-refractivity contribution in [2.75, 3.05) is 11.9 Å². The standard InChI is InChI=1S/C54H59FN8O14/c1-7-9-32-28(5)37(55)22-39-46(32)33(34-24-63-41(47(34)60-39)21-36-35(51(63)72)26-76-52(73)54(36,75)8-2)23-56-53(74)77-25-30-10-12-31(13-11-30)58-49(70)38(14-17-45(67)68)61-48(69)29(6)57-50(71)40(20-27(3)4)59-42(64)18-19-62-43(65)15-16-44(62)66/h7,9-13,15-16,21-22,27,29,38,40,75H,8,14,17-20,23-26H2,1-6H3,(H,56,74)(H,57,71)(H,58,70)(H,59,64)(H,61,69)(H,67,68)/b9-7+/t29-,38-,40+,54-/m0/s1. The van der Waals surface area contributed by atoms with Gasteiger partial charge < -0.3 is 50.8 Å². The SMILES string of the molecule is C/C=C/c1c(C)c(F)cc2nc3c(c(CNC(=O)OCc4ccc(NC(=O)[C@H](CCC(=O)O)NC(=O)[C@H](C)NC(=O)[C@@H](CC(C)C)NC(=O)CCN5C(=O)C=CC5=O)cc4)c12)Cn1c-3cc2c(c1=O)COC(=O)[C@]2(O)CC. The Hall–Kier alpha value is -8.60. The minimum absolute atomic E-state index is 0.00116. The molecule has 3 aliphatic rings. The first kappa shape index (κ1) is 56.1. The number of carboxylic acid groups (broad SMARTS) is 1. The van der Waals surface area contributed by atoms with Crippen LogP contribution in [0.5, 0.6) is 0 Å². The fourth-order valence-electron chi connectivity index (χ4n) is 9.33. The number of carboxylic acids is 1. The van der Waals surface area contributed by atoms with E-state index in [9.17, 15) is 58.2 Å². The molecule has 5 heterocycles. The van der Waals surface area contributed by atoms with Crippen molar-refractivity contribution in [2.45, 2.75) is 124 Å². The third-order valence-corrected chi connectivity index (χ3v) is 13.5. The lowest BCUT2D eigenvalue weighted by atomic mass is 9.86. The van der Waals surface area contributed by atoms with Gasteiger partial charge in [-0.3, -0.25) is 43.3 Å². The number of aliphatic carboxylic acids is 1. The summed E-state index contributed by atoms with van der Waals surface area (Å²) in [6.45, 7) is 9.00. The van der Waals surface area contributed by atoms with Crippen molar-refractivity contribution in [1.29, 1.82) is 0 Å². The summed E-state index contributed by atoms with van der Waals surface area (Å²) in [7, 11) is 0. The van der Waals surface area contributed by atoms with Crippen LogP contribution in [0.1, 0.15) is 106 Å². The van der Waals surface area contributed by atoms with Gasteiger partial charge in [-0.15, -0.1) is 0 Å². The number of alkyl carbamates (subject to hydrolysis) is 1. The Bertz CT molecular complexity index is 3210. The van der Waals surface area contributed by atoms with E-state index in [0.717, 1.165) is 17.1 Å². The lowest BCUT2D eigenvalue weighted by Gasteiger charge is -2.31. The van der Waals surface area contributed by atoms with Crippen molar-refractivity contribution in [1.82, 2.24) is 35.7 Å². The number of pyridine rings is 2. The van der Waals surface area contributed by atoms with E-state index in [0.29, 0.717) is 44.6 Å². The quantitative estimate of drug-likeness (QED) is 0.0408. The molecule has 2 aromatic carbocycles. The molecular weight excluding hydrogens is 1000 g/mol. The van der Waals surface area contributed by atoms with Crippen LogP contribution in [0.3, 0.4) is 0 Å². The zero-order valence-electron chi connectivity index (χ0n) is 43.2. The number of aromatic nitrogens is 2. The van der Waals surface area contributed by atoms with E-state index < -0.39 is 95.0 Å². The third kappa shape index (κ3) is 12.3. The minimum atomic E-state index is -2.07. The lowest BCUT2D eigenvalue weighted by Crippen LogP contribution is -2.55. The number of amides is 7. The summed E-state index contributed by atoms with van der Waals surface area (Å²) >= 11 is 0. The number of halogens is 1. The number of fused-ring (bicyclic) bond motifs is 5. The number of hydrogen-bond acceptors (Lipinski definition) is 14. The summed E-state index contributed by atoms with van der Waals surface area (Å²) in [5, 5.41) is 34.3. The Kier molecular flexibility index (Phi) is 17.1. The molecule has 0 saturated heterocycles. The molecule has 77 heavy (non-hydrogen) atoms. The number of cyclic esters (lactones) is 1. The van der Waals surface area contributed by atoms with Gasteiger partial charge in [0.15, 0.2) is 5.60 Å². The third-order valence-electron chi connectivity index (χ3n) is 13.5. The highest BCUT2D eigenvalue weighted by Crippen LogP contribution is 2.42. The largest absolute Gasteiger partial charge is 0.481 e. The van der Waals surface area contributed by atoms with Crippen LogP contribution in [0.25, 0.3) is 28.4 Å². The maximum Gasteiger partial charge on any atom is 0.407 e. The number of carbonyl (C=O) groups is 9. The molecule has 7 rings (SSSR count). The van der Waals surface area contributed by atoms with E-state index in [1.807, 2.05) is 13.8 Å². The molecule has 0 unspecified atom stereocenters. The predicted molar refractivity (Wildman–Crippen MR) is 274 cm³/mol. The molecule has 0 fully saturated rings. The zero-order chi connectivity index (χ0) is 56.0. The minimum Gasteiger partial charge on any atom is -0.481 e. The van der Waals surface area contributed by atoms with Gasteiger partial charge in [0, 0.05) is 66.4 Å². The van der Waals surface area contributed by atoms with Crippen LogP contribution in [0.2, 0.25) is 0 Å². The highest BCUT2D eigenvalue weighted by atomic mass is 19.1. The number of nitrogens with one attached hydrogen (secondary N) is 5. The number of hydrogen-bond donors (Lipinski definition) is 7. The summed E-state index contributed by atoms with van der Waals surface area (Å²) in [6.07, 6.45) is 3.80. The maximum absolute atomic E-state index is 15.5. The number of esters is 1. The van der Waals surface area contributed by atoms with Crippen molar-refractivity contribution < 1.29 is 67.2 Å². The molecular formula is C54H59FN8O14. The van der Waals surface area contributed by atoms with E-state index in [-0.39, 0.29) is 86.8 Å². The van der Waals surface area contributed by atoms with Gasteiger partial charge in [0.25, 0.3) is 17.4 Å². The van der Waals surface area contributed by atoms with Gasteiger partial charge in [-0.25, -0.2) is 19.0 Å². The number of imide groups is 1. The number of nitrogens with zero attached hydrogens (tertiary/aromatic N) is 3. The number of ether oxygens (including phenoxy) is 2. The van der Waals surface area contributed by atoms with E-state index in [4.69, 9.17) is 14.5 Å². The van der Waals surface area contributed by atoms with Crippen molar-refractivity contribution in [3.8, 4) is 11.4 Å². The van der Waals surface area contributed by atoms with Crippen LogP contribution in [0.4, 0.5) is 14.9 Å². The second-order valence-electron chi connectivity index (χ2n) is 19.3. The monoisotopic (exact) mass is 1060 g/mol. The Labute approximate surface area is 440 Å². The Morgan fingerprint density at radius 1 is 0.922 bits per heavy atom. The number of carbonyl (C=O) groups excluding carboxylic acids is 8. The molecule has 4 aromatic rings. The molecule has 0 bridgehead atoms. The number of benzene rings is 2. The van der Waals surface area contributed by atoms with Gasteiger partial charge in [-0.05, 0) is 86.4 Å². The summed E-state index contributed by atoms with van der Waals surface area (Å²) in [6, 6.07) is 5.16. The molecule has 7 amide bonds. The molecule has 0 spiro atoms. The summed E-state index contributed by atoms with van der Waals surface area (Å²) in [4.78, 5) is 134. The van der Waals surface area contributed by atoms with Crippen molar-refractivity contribution in [3.05, 3.63) is 110 Å². The summed E-state index contributed by atoms with van der Waals surface area (Å²) < 4.78 is 27.7. The molecule has 22 nitrogen and oxygen atoms in total. The van der Waals surface area contributed by atoms with Crippen LogP contribution in [0.15, 0.2) is 59.4 Å². The first-order valence-corrected chi connectivity index (χ1v) is 24.9. The van der Waals surface area contributed by atoms with E-state index >= 15 is 4.39 Å². The number of aliphatic hydroxyl groups is 1. The van der Waals surface area contributed by atoms with Crippen LogP contribution in [-0.2, 0) is 79.7 Å². The van der Waals surface area contributed by atoms with Crippen LogP contribution in [0, 0.1) is 18.7 Å². The van der Waals surface area contributed by atoms with Gasteiger partial charge in [0.1, 0.15) is 37.2 Å². The number of anilines is 1. The van der Waals surface area contributed by atoms with Gasteiger partial charge in [0.05, 0.1) is 29.0 Å². The van der Waals surface area contributed by atoms with Crippen LogP contribution >= 0.6 is 0 Å². The van der Waals surface area contributed by atoms with Crippen LogP contribution < -0.4 is 32.1 Å². The second kappa shape index (κ2) is 23.5. The van der Waals surface area contributed by atoms with Gasteiger partial charge >= 0.3 is 18.0 Å². The zero-order valence-corrected chi connectivity index (χ0v) is 43.2. The predicted octanol–water partition coefficient (Wildman–Crippen LogP) is 3.63. The fraction of sp³-hybridized carbons (Fsp3) is 0.389. The Morgan fingerprint density at radius 2 is 1.62 bits per heavy atom. The molecule has 0 aliphatic carbocycles. The van der Waals surface area contributed by atoms with Crippen molar-refractivity contribution in [2.24, 2.45) is 5.92 Å². The number of allylic oxidation sites excluding steroid dienone is 1. The van der Waals surface area contributed by atoms with Crippen LogP contribution in [-0.4, -0.2) is 103 Å².